The molecule has 0 aliphatic heterocycles. The van der Waals surface area contributed by atoms with Gasteiger partial charge in [-0.05, 0) is 52.3 Å². The number of benzene rings is 2. The molecule has 0 saturated heterocycles. The number of ether oxygens (including phenoxy) is 1. The Balaban J connectivity index is 1.88. The van der Waals surface area contributed by atoms with Gasteiger partial charge in [0.05, 0.1) is 38.8 Å². The zero-order valence-electron chi connectivity index (χ0n) is 15.4. The normalized spacial score (nSPS) is 10.9. The lowest BCUT2D eigenvalue weighted by Crippen LogP contribution is -2.00. The molecule has 2 aromatic carbocycles. The molecule has 4 rings (SSSR count). The molecule has 4 aromatic rings. The summed E-state index contributed by atoms with van der Waals surface area (Å²) in [6.45, 7) is 0. The average molecular weight is 469 g/mol. The topological polar surface area (TPSA) is 131 Å². The summed E-state index contributed by atoms with van der Waals surface area (Å²) in [7, 11) is 1.55. The number of hydrogen-bond acceptors (Lipinski definition) is 6. The number of H-pyrrole nitrogens is 1. The number of fused-ring (bicyclic) bond motifs is 1. The lowest BCUT2D eigenvalue weighted by molar-refractivity contribution is -0.384. The minimum absolute atomic E-state index is 0.0176. The van der Waals surface area contributed by atoms with E-state index in [0.717, 1.165) is 0 Å². The number of halogens is 1. The second kappa shape index (κ2) is 7.56. The smallest absolute Gasteiger partial charge is 0.336 e. The van der Waals surface area contributed by atoms with E-state index in [-0.39, 0.29) is 16.9 Å². The fourth-order valence-corrected chi connectivity index (χ4v) is 3.67. The number of methoxy groups -OCH3 is 1. The molecule has 0 fully saturated rings. The van der Waals surface area contributed by atoms with Crippen molar-refractivity contribution in [2.45, 2.75) is 0 Å². The highest BCUT2D eigenvalue weighted by molar-refractivity contribution is 9.10. The largest absolute Gasteiger partial charge is 0.496 e. The number of non-ortho nitro benzene ring substituents is 1. The zero-order valence-corrected chi connectivity index (χ0v) is 17.0. The predicted molar refractivity (Wildman–Crippen MR) is 113 cm³/mol. The number of carboxylic acids is 1. The van der Waals surface area contributed by atoms with Gasteiger partial charge in [0.2, 0.25) is 0 Å². The first kappa shape index (κ1) is 19.5. The van der Waals surface area contributed by atoms with Crippen LogP contribution in [-0.2, 0) is 0 Å². The summed E-state index contributed by atoms with van der Waals surface area (Å²) < 4.78 is 5.93. The number of nitrogens with zero attached hydrogens (tertiary/aromatic N) is 3. The molecular formula is C20H13BrN4O5. The van der Waals surface area contributed by atoms with Crippen LogP contribution in [0, 0.1) is 10.1 Å². The summed E-state index contributed by atoms with van der Waals surface area (Å²) in [5.74, 6) is -0.501. The molecule has 0 saturated carbocycles. The number of nitrogens with one attached hydrogen (secondary N) is 1. The number of aromatic amines is 1. The van der Waals surface area contributed by atoms with Gasteiger partial charge in [-0.25, -0.2) is 9.78 Å². The van der Waals surface area contributed by atoms with Crippen molar-refractivity contribution in [2.75, 3.05) is 7.11 Å². The standard InChI is InChI=1S/C20H13BrN4O5/c1-30-16-7-4-11(8-14(16)21)15-9-13(20(26)27)17-18(23-24-19(17)22-15)10-2-5-12(6-3-10)25(28)29/h2-9H,1H3,(H,26,27)(H,22,23,24). The summed E-state index contributed by atoms with van der Waals surface area (Å²) in [5, 5.41) is 28.0. The molecule has 2 N–H and O–H groups in total. The number of aromatic nitrogens is 3. The molecule has 0 aliphatic rings. The summed E-state index contributed by atoms with van der Waals surface area (Å²) in [4.78, 5) is 26.9. The van der Waals surface area contributed by atoms with E-state index < -0.39 is 10.9 Å². The van der Waals surface area contributed by atoms with Crippen molar-refractivity contribution >= 4 is 38.6 Å². The number of pyridine rings is 1. The summed E-state index contributed by atoms with van der Waals surface area (Å²) >= 11 is 3.41. The molecule has 150 valence electrons. The minimum Gasteiger partial charge on any atom is -0.496 e. The van der Waals surface area contributed by atoms with E-state index in [1.807, 2.05) is 0 Å². The van der Waals surface area contributed by atoms with E-state index in [1.165, 1.54) is 30.3 Å². The SMILES string of the molecule is COc1ccc(-c2cc(C(=O)O)c3c(-c4ccc([N+](=O)[O-])cc4)[nH]nc3n2)cc1Br. The number of nitro groups is 1. The summed E-state index contributed by atoms with van der Waals surface area (Å²) in [6, 6.07) is 12.5. The van der Waals surface area contributed by atoms with E-state index in [2.05, 4.69) is 31.1 Å². The number of hydrogen-bond donors (Lipinski definition) is 2. The van der Waals surface area contributed by atoms with Crippen molar-refractivity contribution in [1.82, 2.24) is 15.2 Å². The highest BCUT2D eigenvalue weighted by atomic mass is 79.9. The lowest BCUT2D eigenvalue weighted by atomic mass is 10.0. The Kier molecular flexibility index (Phi) is 4.92. The van der Waals surface area contributed by atoms with Crippen LogP contribution in [0.3, 0.4) is 0 Å². The second-order valence-electron chi connectivity index (χ2n) is 6.31. The third-order valence-electron chi connectivity index (χ3n) is 4.57. The van der Waals surface area contributed by atoms with Gasteiger partial charge in [0.25, 0.3) is 5.69 Å². The van der Waals surface area contributed by atoms with Gasteiger partial charge in [-0.1, -0.05) is 0 Å². The Labute approximate surface area is 177 Å². The molecule has 10 heteroatoms. The molecule has 2 heterocycles. The van der Waals surface area contributed by atoms with Gasteiger partial charge in [0, 0.05) is 23.3 Å². The Morgan fingerprint density at radius 1 is 1.17 bits per heavy atom. The van der Waals surface area contributed by atoms with Gasteiger partial charge in [-0.3, -0.25) is 15.2 Å². The average Bonchev–Trinajstić information content (AvgIpc) is 3.17. The van der Waals surface area contributed by atoms with Crippen LogP contribution in [0.5, 0.6) is 5.75 Å². The maximum atomic E-state index is 12.0. The molecule has 0 aliphatic carbocycles. The Morgan fingerprint density at radius 3 is 2.47 bits per heavy atom. The Hall–Kier alpha value is -3.79. The minimum atomic E-state index is -1.14. The monoisotopic (exact) mass is 468 g/mol. The van der Waals surface area contributed by atoms with Crippen molar-refractivity contribution in [3.8, 4) is 28.3 Å². The van der Waals surface area contributed by atoms with Crippen LogP contribution in [0.1, 0.15) is 10.4 Å². The molecule has 0 spiro atoms. The Morgan fingerprint density at radius 2 is 1.87 bits per heavy atom. The quantitative estimate of drug-likeness (QED) is 0.321. The third-order valence-corrected chi connectivity index (χ3v) is 5.19. The van der Waals surface area contributed by atoms with Crippen LogP contribution in [0.25, 0.3) is 33.5 Å². The first-order valence-corrected chi connectivity index (χ1v) is 9.39. The van der Waals surface area contributed by atoms with Gasteiger partial charge in [-0.2, -0.15) is 5.10 Å². The first-order chi connectivity index (χ1) is 14.4. The van der Waals surface area contributed by atoms with Crippen molar-refractivity contribution in [3.63, 3.8) is 0 Å². The molecule has 0 unspecified atom stereocenters. The number of aromatic carboxylic acids is 1. The van der Waals surface area contributed by atoms with Crippen LogP contribution in [0.15, 0.2) is 53.0 Å². The van der Waals surface area contributed by atoms with Crippen molar-refractivity contribution < 1.29 is 19.6 Å². The molecule has 0 atom stereocenters. The fourth-order valence-electron chi connectivity index (χ4n) is 3.12. The fraction of sp³-hybridized carbons (Fsp3) is 0.0500. The molecule has 0 radical (unpaired) electrons. The number of nitro benzene ring substituents is 1. The van der Waals surface area contributed by atoms with Crippen molar-refractivity contribution in [3.05, 3.63) is 68.7 Å². The van der Waals surface area contributed by atoms with E-state index >= 15 is 0 Å². The molecule has 0 bridgehead atoms. The third kappa shape index (κ3) is 3.37. The molecule has 0 amide bonds. The van der Waals surface area contributed by atoms with Crippen LogP contribution in [-0.4, -0.2) is 38.3 Å². The van der Waals surface area contributed by atoms with Crippen LogP contribution in [0.2, 0.25) is 0 Å². The van der Waals surface area contributed by atoms with Crippen LogP contribution >= 0.6 is 15.9 Å². The lowest BCUT2D eigenvalue weighted by Gasteiger charge is -2.08. The van der Waals surface area contributed by atoms with E-state index in [1.54, 1.807) is 25.3 Å². The van der Waals surface area contributed by atoms with Gasteiger partial charge in [-0.15, -0.1) is 0 Å². The van der Waals surface area contributed by atoms with E-state index in [4.69, 9.17) is 4.74 Å². The molecule has 30 heavy (non-hydrogen) atoms. The first-order valence-electron chi connectivity index (χ1n) is 8.60. The highest BCUT2D eigenvalue weighted by Gasteiger charge is 2.20. The maximum Gasteiger partial charge on any atom is 0.336 e. The van der Waals surface area contributed by atoms with E-state index in [9.17, 15) is 20.0 Å². The second-order valence-corrected chi connectivity index (χ2v) is 7.17. The van der Waals surface area contributed by atoms with Gasteiger partial charge < -0.3 is 9.84 Å². The number of carbonyl (C=O) groups is 1. The number of rotatable bonds is 5. The zero-order chi connectivity index (χ0) is 21.4. The molecular weight excluding hydrogens is 456 g/mol. The van der Waals surface area contributed by atoms with Gasteiger partial charge in [0.1, 0.15) is 5.75 Å². The van der Waals surface area contributed by atoms with Crippen molar-refractivity contribution in [2.24, 2.45) is 0 Å². The van der Waals surface area contributed by atoms with Gasteiger partial charge >= 0.3 is 5.97 Å². The van der Waals surface area contributed by atoms with E-state index in [0.29, 0.717) is 38.1 Å². The Bertz CT molecular complexity index is 1300. The van der Waals surface area contributed by atoms with Crippen molar-refractivity contribution in [1.29, 1.82) is 0 Å². The van der Waals surface area contributed by atoms with Gasteiger partial charge in [0.15, 0.2) is 5.65 Å². The highest BCUT2D eigenvalue weighted by Crippen LogP contribution is 2.34. The van der Waals surface area contributed by atoms with Crippen LogP contribution < -0.4 is 4.74 Å². The summed E-state index contributed by atoms with van der Waals surface area (Å²) in [6.07, 6.45) is 0. The summed E-state index contributed by atoms with van der Waals surface area (Å²) in [5.41, 5.74) is 2.29. The van der Waals surface area contributed by atoms with Crippen LogP contribution in [0.4, 0.5) is 5.69 Å². The number of carboxylic acid groups (broad SMARTS) is 1. The predicted octanol–water partition coefficient (Wildman–Crippen LogP) is 4.67. The maximum absolute atomic E-state index is 12.0. The molecule has 9 nitrogen and oxygen atoms in total. The molecule has 2 aromatic heterocycles.